The predicted molar refractivity (Wildman–Crippen MR) is 64.1 cm³/mol. The van der Waals surface area contributed by atoms with Gasteiger partial charge in [-0.2, -0.15) is 0 Å². The van der Waals surface area contributed by atoms with Crippen LogP contribution in [0.4, 0.5) is 5.69 Å². The first-order chi connectivity index (χ1) is 7.49. The van der Waals surface area contributed by atoms with Gasteiger partial charge in [0.15, 0.2) is 0 Å². The number of carboxylic acids is 1. The normalized spacial score (nSPS) is 10.2. The molecule has 0 aliphatic rings. The van der Waals surface area contributed by atoms with E-state index in [1.54, 1.807) is 6.92 Å². The van der Waals surface area contributed by atoms with E-state index < -0.39 is 11.9 Å². The zero-order valence-electron chi connectivity index (χ0n) is 11.5. The number of hydrogen-bond donors (Lipinski definition) is 2. The zero-order chi connectivity index (χ0) is 12.6. The van der Waals surface area contributed by atoms with E-state index in [2.05, 4.69) is 0 Å². The topological polar surface area (TPSA) is 80.4 Å². The first-order valence-corrected chi connectivity index (χ1v) is 5.02. The van der Waals surface area contributed by atoms with Crippen LogP contribution in [0, 0.1) is 5.92 Å². The number of ketones is 1. The fraction of sp³-hybridized carbons (Fsp3) is 0.333. The second-order valence-corrected chi connectivity index (χ2v) is 3.32. The molecule has 0 spiro atoms. The molecule has 5 heteroatoms. The summed E-state index contributed by atoms with van der Waals surface area (Å²) in [6.45, 7) is 2.97. The maximum Gasteiger partial charge on any atom is 1.00 e. The van der Waals surface area contributed by atoms with Crippen LogP contribution in [0.5, 0.6) is 0 Å². The number of rotatable bonds is 3. The number of hydrogen-bond acceptors (Lipinski definition) is 3. The predicted octanol–water partition coefficient (Wildman–Crippen LogP) is -0.928. The van der Waals surface area contributed by atoms with Gasteiger partial charge in [0, 0.05) is 5.69 Å². The summed E-state index contributed by atoms with van der Waals surface area (Å²) < 4.78 is 0. The summed E-state index contributed by atoms with van der Waals surface area (Å²) in [5, 5.41) is 8.32. The molecule has 0 heterocycles. The third-order valence-corrected chi connectivity index (χ3v) is 2.00. The van der Waals surface area contributed by atoms with E-state index in [1.807, 2.05) is 30.3 Å². The van der Waals surface area contributed by atoms with Crippen LogP contribution in [0.2, 0.25) is 0 Å². The molecule has 1 unspecified atom stereocenters. The monoisotopic (exact) mass is 247 g/mol. The smallest absolute Gasteiger partial charge is 1.00 e. The number of aliphatic carboxylic acids is 1. The molecule has 1 aromatic carbocycles. The minimum atomic E-state index is -1.02. The van der Waals surface area contributed by atoms with Crippen LogP contribution < -0.4 is 35.3 Å². The molecule has 0 aromatic heterocycles. The maximum atomic E-state index is 10.4. The SMILES string of the molecule is CCC(C(C)=O)C(=O)O.Nc1ccccc1.[H-].[Na+]. The second-order valence-electron chi connectivity index (χ2n) is 3.32. The van der Waals surface area contributed by atoms with E-state index in [1.165, 1.54) is 6.92 Å². The molecule has 0 fully saturated rings. The van der Waals surface area contributed by atoms with Crippen molar-refractivity contribution in [3.63, 3.8) is 0 Å². The summed E-state index contributed by atoms with van der Waals surface area (Å²) in [5.41, 5.74) is 6.18. The van der Waals surface area contributed by atoms with Gasteiger partial charge in [-0.3, -0.25) is 9.59 Å². The number of anilines is 1. The van der Waals surface area contributed by atoms with Crippen LogP contribution >= 0.6 is 0 Å². The van der Waals surface area contributed by atoms with Gasteiger partial charge in [0.25, 0.3) is 0 Å². The van der Waals surface area contributed by atoms with Crippen molar-refractivity contribution in [1.29, 1.82) is 0 Å². The van der Waals surface area contributed by atoms with E-state index in [0.717, 1.165) is 5.69 Å². The molecule has 0 saturated carbocycles. The number of nitrogen functional groups attached to an aromatic ring is 1. The molecule has 0 aliphatic carbocycles. The number of benzene rings is 1. The third-order valence-electron chi connectivity index (χ3n) is 2.00. The van der Waals surface area contributed by atoms with Gasteiger partial charge in [0.2, 0.25) is 0 Å². The van der Waals surface area contributed by atoms with Crippen LogP contribution in [0.3, 0.4) is 0 Å². The molecule has 4 nitrogen and oxygen atoms in total. The van der Waals surface area contributed by atoms with Crippen molar-refractivity contribution in [1.82, 2.24) is 0 Å². The molecule has 0 aliphatic heterocycles. The Kier molecular flexibility index (Phi) is 11.2. The number of carboxylic acid groups (broad SMARTS) is 1. The number of para-hydroxylation sites is 1. The minimum Gasteiger partial charge on any atom is -1.00 e. The van der Waals surface area contributed by atoms with Crippen LogP contribution in [0.1, 0.15) is 21.7 Å². The fourth-order valence-corrected chi connectivity index (χ4v) is 1.09. The fourth-order valence-electron chi connectivity index (χ4n) is 1.09. The zero-order valence-corrected chi connectivity index (χ0v) is 12.5. The van der Waals surface area contributed by atoms with Crippen molar-refractivity contribution in [3.8, 4) is 0 Å². The maximum absolute atomic E-state index is 10.4. The van der Waals surface area contributed by atoms with Crippen molar-refractivity contribution in [3.05, 3.63) is 30.3 Å². The van der Waals surface area contributed by atoms with Gasteiger partial charge >= 0.3 is 35.5 Å². The molecule has 90 valence electrons. The van der Waals surface area contributed by atoms with Gasteiger partial charge < -0.3 is 12.3 Å². The van der Waals surface area contributed by atoms with Crippen LogP contribution in [0.25, 0.3) is 0 Å². The van der Waals surface area contributed by atoms with Crippen molar-refractivity contribution < 1.29 is 45.7 Å². The number of carbonyl (C=O) groups is 2. The number of carbonyl (C=O) groups excluding carboxylic acids is 1. The quantitative estimate of drug-likeness (QED) is 0.411. The molecular formula is C12H18NNaO3. The van der Waals surface area contributed by atoms with Gasteiger partial charge in [-0.1, -0.05) is 25.1 Å². The van der Waals surface area contributed by atoms with Crippen LogP contribution in [0.15, 0.2) is 30.3 Å². The number of nitrogens with two attached hydrogens (primary N) is 1. The first-order valence-electron chi connectivity index (χ1n) is 5.02. The van der Waals surface area contributed by atoms with E-state index in [9.17, 15) is 9.59 Å². The van der Waals surface area contributed by atoms with Crippen molar-refractivity contribution in [2.45, 2.75) is 20.3 Å². The molecular weight excluding hydrogens is 229 g/mol. The average molecular weight is 247 g/mol. The summed E-state index contributed by atoms with van der Waals surface area (Å²) in [6.07, 6.45) is 0.380. The van der Waals surface area contributed by atoms with Crippen molar-refractivity contribution in [2.75, 3.05) is 5.73 Å². The molecule has 1 rings (SSSR count). The van der Waals surface area contributed by atoms with E-state index in [-0.39, 0.29) is 36.8 Å². The summed E-state index contributed by atoms with van der Waals surface area (Å²) in [6, 6.07) is 9.49. The van der Waals surface area contributed by atoms with Gasteiger partial charge in [0.05, 0.1) is 0 Å². The van der Waals surface area contributed by atoms with Gasteiger partial charge in [-0.25, -0.2) is 0 Å². The van der Waals surface area contributed by atoms with E-state index >= 15 is 0 Å². The van der Waals surface area contributed by atoms with Crippen LogP contribution in [-0.4, -0.2) is 16.9 Å². The van der Waals surface area contributed by atoms with Crippen LogP contribution in [-0.2, 0) is 9.59 Å². The van der Waals surface area contributed by atoms with Crippen molar-refractivity contribution >= 4 is 17.4 Å². The first kappa shape index (κ1) is 18.5. The Balaban J connectivity index is -0.000000229. The van der Waals surface area contributed by atoms with Gasteiger partial charge in [-0.15, -0.1) is 0 Å². The molecule has 0 saturated heterocycles. The van der Waals surface area contributed by atoms with Gasteiger partial charge in [0.1, 0.15) is 11.7 Å². The molecule has 17 heavy (non-hydrogen) atoms. The second kappa shape index (κ2) is 10.3. The molecule has 3 N–H and O–H groups in total. The Labute approximate surface area is 125 Å². The summed E-state index contributed by atoms with van der Waals surface area (Å²) in [5.74, 6) is -2.10. The van der Waals surface area contributed by atoms with Crippen molar-refractivity contribution in [2.24, 2.45) is 5.92 Å². The molecule has 0 bridgehead atoms. The summed E-state index contributed by atoms with van der Waals surface area (Å²) in [4.78, 5) is 20.6. The number of Topliss-reactive ketones (excluding diaryl/α,β-unsaturated/α-hetero) is 1. The minimum absolute atomic E-state index is 0. The van der Waals surface area contributed by atoms with E-state index in [0.29, 0.717) is 6.42 Å². The Morgan fingerprint density at radius 3 is 1.94 bits per heavy atom. The largest absolute Gasteiger partial charge is 1.00 e. The molecule has 1 atom stereocenters. The standard InChI is InChI=1S/C6H7N.C6H10O3.Na.H/c7-6-4-2-1-3-5-6;1-3-5(4(2)7)6(8)9;;/h1-5H,7H2;5H,3H2,1-2H3,(H,8,9);;/q;;+1;-1. The Morgan fingerprint density at radius 1 is 1.35 bits per heavy atom. The Morgan fingerprint density at radius 2 is 1.82 bits per heavy atom. The molecule has 1 aromatic rings. The molecule has 0 amide bonds. The Bertz CT molecular complexity index is 332. The summed E-state index contributed by atoms with van der Waals surface area (Å²) >= 11 is 0. The molecule has 0 radical (unpaired) electrons. The van der Waals surface area contributed by atoms with E-state index in [4.69, 9.17) is 10.8 Å². The average Bonchev–Trinajstić information content (AvgIpc) is 2.19. The third kappa shape index (κ3) is 8.92. The summed E-state index contributed by atoms with van der Waals surface area (Å²) in [7, 11) is 0. The van der Waals surface area contributed by atoms with Gasteiger partial charge in [-0.05, 0) is 25.5 Å². The Hall–Kier alpha value is -0.840.